The van der Waals surface area contributed by atoms with Crippen LogP contribution in [0.4, 0.5) is 0 Å². The van der Waals surface area contributed by atoms with Crippen molar-refractivity contribution in [3.63, 3.8) is 0 Å². The van der Waals surface area contributed by atoms with Crippen LogP contribution in [-0.4, -0.2) is 33.7 Å². The Morgan fingerprint density at radius 2 is 2.25 bits per heavy atom. The molecule has 1 unspecified atom stereocenters. The van der Waals surface area contributed by atoms with Gasteiger partial charge in [0.2, 0.25) is 0 Å². The zero-order valence-corrected chi connectivity index (χ0v) is 10.1. The van der Waals surface area contributed by atoms with Crippen LogP contribution in [0.1, 0.15) is 16.8 Å². The second-order valence-corrected chi connectivity index (χ2v) is 4.53. The van der Waals surface area contributed by atoms with Crippen molar-refractivity contribution in [2.45, 2.75) is 25.0 Å². The molecule has 1 aromatic rings. The largest absolute Gasteiger partial charge is 0.394 e. The molecule has 86 valence electrons. The Balaban J connectivity index is 2.91. The summed E-state index contributed by atoms with van der Waals surface area (Å²) in [7, 11) is 0. The summed E-state index contributed by atoms with van der Waals surface area (Å²) in [6.07, 6.45) is -0.779. The topological polar surface area (TPSA) is 77.1 Å². The molecule has 1 atom stereocenters. The summed E-state index contributed by atoms with van der Waals surface area (Å²) >= 11 is 1.29. The van der Waals surface area contributed by atoms with E-state index in [2.05, 4.69) is 11.1 Å². The molecule has 1 heterocycles. The van der Waals surface area contributed by atoms with Crippen molar-refractivity contribution < 1.29 is 10.2 Å². The van der Waals surface area contributed by atoms with Gasteiger partial charge in [-0.3, -0.25) is 0 Å². The molecule has 1 aromatic heterocycles. The summed E-state index contributed by atoms with van der Waals surface area (Å²) in [5.41, 5.74) is 2.27. The van der Waals surface area contributed by atoms with E-state index in [-0.39, 0.29) is 6.61 Å². The van der Waals surface area contributed by atoms with Crippen LogP contribution < -0.4 is 0 Å². The van der Waals surface area contributed by atoms with Crippen molar-refractivity contribution in [3.8, 4) is 6.07 Å². The van der Waals surface area contributed by atoms with Gasteiger partial charge in [0.05, 0.1) is 18.3 Å². The van der Waals surface area contributed by atoms with Crippen molar-refractivity contribution in [2.24, 2.45) is 0 Å². The Labute approximate surface area is 98.9 Å². The first kappa shape index (κ1) is 13.0. The molecule has 0 aromatic carbocycles. The number of aromatic nitrogens is 1. The number of aliphatic hydroxyl groups excluding tert-OH is 2. The number of aliphatic hydroxyl groups is 2. The lowest BCUT2D eigenvalue weighted by atomic mass is 10.1. The van der Waals surface area contributed by atoms with Crippen molar-refractivity contribution >= 4 is 11.8 Å². The predicted molar refractivity (Wildman–Crippen MR) is 62.2 cm³/mol. The minimum absolute atomic E-state index is 0.278. The lowest BCUT2D eigenvalue weighted by Gasteiger charge is -2.09. The molecule has 5 heteroatoms. The Kier molecular flexibility index (Phi) is 4.74. The second kappa shape index (κ2) is 5.85. The van der Waals surface area contributed by atoms with E-state index in [1.54, 1.807) is 0 Å². The molecule has 0 aliphatic rings. The second-order valence-electron chi connectivity index (χ2n) is 3.52. The summed E-state index contributed by atoms with van der Waals surface area (Å²) < 4.78 is 0. The van der Waals surface area contributed by atoms with Crippen molar-refractivity contribution in [3.05, 3.63) is 22.9 Å². The SMILES string of the molecule is Cc1cc(C)c(C#N)c(SCC(O)CO)n1. The molecule has 0 saturated carbocycles. The lowest BCUT2D eigenvalue weighted by molar-refractivity contribution is 0.113. The fourth-order valence-corrected chi connectivity index (χ4v) is 2.29. The minimum Gasteiger partial charge on any atom is -0.394 e. The van der Waals surface area contributed by atoms with E-state index in [9.17, 15) is 5.11 Å². The van der Waals surface area contributed by atoms with Crippen LogP contribution in [-0.2, 0) is 0 Å². The highest BCUT2D eigenvalue weighted by molar-refractivity contribution is 7.99. The van der Waals surface area contributed by atoms with E-state index in [4.69, 9.17) is 10.4 Å². The van der Waals surface area contributed by atoms with Crippen LogP contribution in [0.15, 0.2) is 11.1 Å². The number of hydrogen-bond donors (Lipinski definition) is 2. The first-order valence-electron chi connectivity index (χ1n) is 4.88. The van der Waals surface area contributed by atoms with Gasteiger partial charge in [-0.1, -0.05) is 0 Å². The van der Waals surface area contributed by atoms with E-state index in [1.165, 1.54) is 11.8 Å². The van der Waals surface area contributed by atoms with Gasteiger partial charge in [0.1, 0.15) is 11.1 Å². The average Bonchev–Trinajstić information content (AvgIpc) is 2.25. The predicted octanol–water partition coefficient (Wildman–Crippen LogP) is 1.02. The Morgan fingerprint density at radius 3 is 2.81 bits per heavy atom. The molecule has 0 amide bonds. The number of aryl methyl sites for hydroxylation is 2. The maximum absolute atomic E-state index is 9.24. The summed E-state index contributed by atoms with van der Waals surface area (Å²) in [4.78, 5) is 4.26. The number of nitriles is 1. The molecule has 2 N–H and O–H groups in total. The Bertz CT molecular complexity index is 415. The van der Waals surface area contributed by atoms with Crippen LogP contribution in [0.5, 0.6) is 0 Å². The highest BCUT2D eigenvalue weighted by atomic mass is 32.2. The third kappa shape index (κ3) is 3.20. The van der Waals surface area contributed by atoms with Crippen molar-refractivity contribution in [1.29, 1.82) is 5.26 Å². The van der Waals surface area contributed by atoms with Crippen LogP contribution in [0, 0.1) is 25.2 Å². The van der Waals surface area contributed by atoms with Crippen LogP contribution in [0.25, 0.3) is 0 Å². The molecule has 0 bridgehead atoms. The molecule has 0 saturated heterocycles. The summed E-state index contributed by atoms with van der Waals surface area (Å²) in [6, 6.07) is 3.96. The lowest BCUT2D eigenvalue weighted by Crippen LogP contribution is -2.15. The number of thioether (sulfide) groups is 1. The fourth-order valence-electron chi connectivity index (χ4n) is 1.27. The zero-order chi connectivity index (χ0) is 12.1. The van der Waals surface area contributed by atoms with Gasteiger partial charge in [0.15, 0.2) is 0 Å². The smallest absolute Gasteiger partial charge is 0.114 e. The summed E-state index contributed by atoms with van der Waals surface area (Å²) in [5.74, 6) is 0.334. The minimum atomic E-state index is -0.779. The highest BCUT2D eigenvalue weighted by Crippen LogP contribution is 2.23. The normalized spacial score (nSPS) is 12.2. The molecule has 0 radical (unpaired) electrons. The molecule has 1 rings (SSSR count). The quantitative estimate of drug-likeness (QED) is 0.766. The third-order valence-electron chi connectivity index (χ3n) is 2.05. The third-order valence-corrected chi connectivity index (χ3v) is 3.17. The van der Waals surface area contributed by atoms with Gasteiger partial charge < -0.3 is 10.2 Å². The first-order valence-corrected chi connectivity index (χ1v) is 5.87. The monoisotopic (exact) mass is 238 g/mol. The molecular formula is C11H14N2O2S. The van der Waals surface area contributed by atoms with Gasteiger partial charge in [-0.2, -0.15) is 5.26 Å². The standard InChI is InChI=1S/C11H14N2O2S/c1-7-3-8(2)13-11(10(7)4-12)16-6-9(15)5-14/h3,9,14-15H,5-6H2,1-2H3. The van der Waals surface area contributed by atoms with Crippen molar-refractivity contribution in [1.82, 2.24) is 4.98 Å². The van der Waals surface area contributed by atoms with Crippen LogP contribution in [0.2, 0.25) is 0 Å². The first-order chi connectivity index (χ1) is 7.58. The van der Waals surface area contributed by atoms with E-state index in [1.807, 2.05) is 19.9 Å². The Morgan fingerprint density at radius 1 is 1.56 bits per heavy atom. The molecular weight excluding hydrogens is 224 g/mol. The van der Waals surface area contributed by atoms with Crippen molar-refractivity contribution in [2.75, 3.05) is 12.4 Å². The molecule has 0 spiro atoms. The fraction of sp³-hybridized carbons (Fsp3) is 0.455. The summed E-state index contributed by atoms with van der Waals surface area (Å²) in [5, 5.41) is 27.6. The maximum Gasteiger partial charge on any atom is 0.114 e. The van der Waals surface area contributed by atoms with E-state index in [0.717, 1.165) is 11.3 Å². The highest BCUT2D eigenvalue weighted by Gasteiger charge is 2.11. The zero-order valence-electron chi connectivity index (χ0n) is 9.27. The Hall–Kier alpha value is -1.09. The number of pyridine rings is 1. The van der Waals surface area contributed by atoms with Gasteiger partial charge in [-0.05, 0) is 25.5 Å². The average molecular weight is 238 g/mol. The van der Waals surface area contributed by atoms with E-state index in [0.29, 0.717) is 16.3 Å². The molecule has 0 aliphatic carbocycles. The van der Waals surface area contributed by atoms with Gasteiger partial charge >= 0.3 is 0 Å². The van der Waals surface area contributed by atoms with Gasteiger partial charge in [-0.25, -0.2) is 4.98 Å². The van der Waals surface area contributed by atoms with E-state index >= 15 is 0 Å². The molecule has 4 nitrogen and oxygen atoms in total. The maximum atomic E-state index is 9.24. The van der Waals surface area contributed by atoms with Crippen LogP contribution in [0.3, 0.4) is 0 Å². The van der Waals surface area contributed by atoms with Gasteiger partial charge in [0.25, 0.3) is 0 Å². The van der Waals surface area contributed by atoms with Gasteiger partial charge in [-0.15, -0.1) is 11.8 Å². The summed E-state index contributed by atoms with van der Waals surface area (Å²) in [6.45, 7) is 3.44. The number of rotatable bonds is 4. The molecule has 0 aliphatic heterocycles. The van der Waals surface area contributed by atoms with Crippen LogP contribution >= 0.6 is 11.8 Å². The number of nitrogens with zero attached hydrogens (tertiary/aromatic N) is 2. The van der Waals surface area contributed by atoms with E-state index < -0.39 is 6.10 Å². The molecule has 16 heavy (non-hydrogen) atoms. The number of hydrogen-bond acceptors (Lipinski definition) is 5. The molecule has 0 fully saturated rings. The van der Waals surface area contributed by atoms with Gasteiger partial charge in [0, 0.05) is 11.4 Å².